The number of esters is 2. The number of ether oxygens (including phenoxy) is 2. The number of rotatable bonds is 6. The summed E-state index contributed by atoms with van der Waals surface area (Å²) >= 11 is 1.39. The number of carbonyl (C=O) groups is 3. The molecular formula is C21H29NO6S. The second kappa shape index (κ2) is 8.83. The summed E-state index contributed by atoms with van der Waals surface area (Å²) in [5.74, 6) is -1.22. The van der Waals surface area contributed by atoms with Crippen LogP contribution < -0.4 is 5.32 Å². The summed E-state index contributed by atoms with van der Waals surface area (Å²) in [6.07, 6.45) is 4.58. The Kier molecular flexibility index (Phi) is 6.63. The number of hydrogen-bond donors (Lipinski definition) is 2. The summed E-state index contributed by atoms with van der Waals surface area (Å²) in [7, 11) is 0. The molecule has 2 N–H and O–H groups in total. The topological polar surface area (TPSA) is 102 Å². The Morgan fingerprint density at radius 1 is 1.28 bits per heavy atom. The molecule has 1 aromatic rings. The standard InChI is InChI=1S/C21H29NO6S/c1-12(2)28-19(24)17-14-7-6-13(3)10-15(14)29-18(17)22-16(23)11-27-20(25)21(26)8-4-5-9-21/h12-13,26H,4-11H2,1-3H3,(H,22,23). The molecule has 0 aromatic carbocycles. The quantitative estimate of drug-likeness (QED) is 0.681. The molecule has 1 saturated carbocycles. The number of thiophene rings is 1. The Morgan fingerprint density at radius 3 is 2.62 bits per heavy atom. The molecule has 2 aliphatic carbocycles. The molecule has 1 heterocycles. The molecule has 2 aliphatic rings. The van der Waals surface area contributed by atoms with Gasteiger partial charge in [0.25, 0.3) is 5.91 Å². The average Bonchev–Trinajstić information content (AvgIpc) is 3.22. The molecule has 3 rings (SSSR count). The van der Waals surface area contributed by atoms with Crippen LogP contribution in [0.4, 0.5) is 5.00 Å². The third-order valence-electron chi connectivity index (χ3n) is 5.46. The fourth-order valence-corrected chi connectivity index (χ4v) is 5.33. The van der Waals surface area contributed by atoms with Crippen LogP contribution in [0.1, 0.15) is 73.7 Å². The lowest BCUT2D eigenvalue weighted by Crippen LogP contribution is -2.38. The molecule has 29 heavy (non-hydrogen) atoms. The number of anilines is 1. The maximum Gasteiger partial charge on any atom is 0.341 e. The van der Waals surface area contributed by atoms with Crippen LogP contribution in [0.15, 0.2) is 0 Å². The van der Waals surface area contributed by atoms with Gasteiger partial charge in [-0.15, -0.1) is 11.3 Å². The summed E-state index contributed by atoms with van der Waals surface area (Å²) in [5, 5.41) is 13.4. The third kappa shape index (κ3) is 4.98. The fraction of sp³-hybridized carbons (Fsp3) is 0.667. The lowest BCUT2D eigenvalue weighted by molar-refractivity contribution is -0.166. The number of nitrogens with one attached hydrogen (secondary N) is 1. The predicted molar refractivity (Wildman–Crippen MR) is 109 cm³/mol. The molecule has 1 unspecified atom stereocenters. The number of aliphatic hydroxyl groups is 1. The van der Waals surface area contributed by atoms with Gasteiger partial charge in [0.05, 0.1) is 11.7 Å². The zero-order chi connectivity index (χ0) is 21.2. The van der Waals surface area contributed by atoms with Gasteiger partial charge in [0.15, 0.2) is 12.2 Å². The normalized spacial score (nSPS) is 20.2. The molecule has 0 spiro atoms. The van der Waals surface area contributed by atoms with Crippen LogP contribution in [0.5, 0.6) is 0 Å². The van der Waals surface area contributed by atoms with Gasteiger partial charge in [-0.3, -0.25) is 4.79 Å². The van der Waals surface area contributed by atoms with Gasteiger partial charge < -0.3 is 19.9 Å². The van der Waals surface area contributed by atoms with Crippen molar-refractivity contribution in [2.45, 2.75) is 77.4 Å². The van der Waals surface area contributed by atoms with E-state index in [-0.39, 0.29) is 6.10 Å². The van der Waals surface area contributed by atoms with Gasteiger partial charge in [-0.1, -0.05) is 6.92 Å². The maximum absolute atomic E-state index is 12.7. The van der Waals surface area contributed by atoms with E-state index in [1.54, 1.807) is 13.8 Å². The Labute approximate surface area is 174 Å². The van der Waals surface area contributed by atoms with Crippen LogP contribution in [-0.2, 0) is 31.9 Å². The molecule has 1 amide bonds. The van der Waals surface area contributed by atoms with Crippen molar-refractivity contribution >= 4 is 34.2 Å². The van der Waals surface area contributed by atoms with E-state index in [0.717, 1.165) is 42.5 Å². The fourth-order valence-electron chi connectivity index (χ4n) is 3.92. The summed E-state index contributed by atoms with van der Waals surface area (Å²) in [4.78, 5) is 38.2. The monoisotopic (exact) mass is 423 g/mol. The van der Waals surface area contributed by atoms with E-state index < -0.39 is 30.1 Å². The van der Waals surface area contributed by atoms with E-state index in [4.69, 9.17) is 9.47 Å². The second-order valence-electron chi connectivity index (χ2n) is 8.37. The van der Waals surface area contributed by atoms with Crippen molar-refractivity contribution in [2.75, 3.05) is 11.9 Å². The molecule has 0 saturated heterocycles. The van der Waals surface area contributed by atoms with Crippen molar-refractivity contribution in [3.05, 3.63) is 16.0 Å². The first-order valence-electron chi connectivity index (χ1n) is 10.2. The molecule has 0 radical (unpaired) electrons. The van der Waals surface area contributed by atoms with Crippen LogP contribution in [-0.4, -0.2) is 41.3 Å². The highest BCUT2D eigenvalue weighted by Gasteiger charge is 2.40. The number of fused-ring (bicyclic) bond motifs is 1. The first-order valence-corrected chi connectivity index (χ1v) is 11.1. The lowest BCUT2D eigenvalue weighted by Gasteiger charge is -2.19. The Morgan fingerprint density at radius 2 is 1.97 bits per heavy atom. The molecule has 8 heteroatoms. The lowest BCUT2D eigenvalue weighted by atomic mass is 9.88. The van der Waals surface area contributed by atoms with Crippen molar-refractivity contribution < 1.29 is 29.0 Å². The summed E-state index contributed by atoms with van der Waals surface area (Å²) in [6.45, 7) is 5.23. The van der Waals surface area contributed by atoms with Gasteiger partial charge in [-0.25, -0.2) is 9.59 Å². The number of carbonyl (C=O) groups excluding carboxylic acids is 3. The molecule has 1 fully saturated rings. The summed E-state index contributed by atoms with van der Waals surface area (Å²) < 4.78 is 10.4. The average molecular weight is 424 g/mol. The van der Waals surface area contributed by atoms with E-state index in [2.05, 4.69) is 12.2 Å². The predicted octanol–water partition coefficient (Wildman–Crippen LogP) is 3.22. The number of amides is 1. The number of hydrogen-bond acceptors (Lipinski definition) is 7. The molecule has 7 nitrogen and oxygen atoms in total. The third-order valence-corrected chi connectivity index (χ3v) is 6.63. The minimum Gasteiger partial charge on any atom is -0.459 e. The van der Waals surface area contributed by atoms with Gasteiger partial charge in [-0.05, 0) is 70.3 Å². The maximum atomic E-state index is 12.7. The SMILES string of the molecule is CC1CCc2c(sc(NC(=O)COC(=O)C3(O)CCCC3)c2C(=O)OC(C)C)C1. The van der Waals surface area contributed by atoms with Crippen molar-refractivity contribution in [2.24, 2.45) is 5.92 Å². The Balaban J connectivity index is 1.71. The smallest absolute Gasteiger partial charge is 0.341 e. The van der Waals surface area contributed by atoms with Crippen LogP contribution >= 0.6 is 11.3 Å². The van der Waals surface area contributed by atoms with Crippen LogP contribution in [0.3, 0.4) is 0 Å². The molecule has 160 valence electrons. The van der Waals surface area contributed by atoms with Crippen molar-refractivity contribution in [3.8, 4) is 0 Å². The van der Waals surface area contributed by atoms with Crippen LogP contribution in [0, 0.1) is 5.92 Å². The summed E-state index contributed by atoms with van der Waals surface area (Å²) in [6, 6.07) is 0. The zero-order valence-electron chi connectivity index (χ0n) is 17.2. The largest absolute Gasteiger partial charge is 0.459 e. The highest BCUT2D eigenvalue weighted by Crippen LogP contribution is 2.40. The minimum absolute atomic E-state index is 0.266. The first kappa shape index (κ1) is 21.8. The van der Waals surface area contributed by atoms with Gasteiger partial charge in [0, 0.05) is 4.88 Å². The van der Waals surface area contributed by atoms with Gasteiger partial charge >= 0.3 is 11.9 Å². The van der Waals surface area contributed by atoms with Crippen LogP contribution in [0.2, 0.25) is 0 Å². The van der Waals surface area contributed by atoms with Crippen molar-refractivity contribution in [1.82, 2.24) is 0 Å². The van der Waals surface area contributed by atoms with E-state index in [1.165, 1.54) is 11.3 Å². The van der Waals surface area contributed by atoms with Gasteiger partial charge in [0.2, 0.25) is 0 Å². The summed E-state index contributed by atoms with van der Waals surface area (Å²) in [5.41, 5.74) is -0.115. The highest BCUT2D eigenvalue weighted by atomic mass is 32.1. The van der Waals surface area contributed by atoms with Crippen LogP contribution in [0.25, 0.3) is 0 Å². The Hall–Kier alpha value is -1.93. The molecule has 1 atom stereocenters. The van der Waals surface area contributed by atoms with E-state index in [1.807, 2.05) is 0 Å². The molecule has 0 aliphatic heterocycles. The van der Waals surface area contributed by atoms with E-state index in [0.29, 0.717) is 29.3 Å². The van der Waals surface area contributed by atoms with E-state index >= 15 is 0 Å². The Bertz CT molecular complexity index is 793. The first-order chi connectivity index (χ1) is 13.7. The molecule has 0 bridgehead atoms. The highest BCUT2D eigenvalue weighted by molar-refractivity contribution is 7.17. The molecule has 1 aromatic heterocycles. The second-order valence-corrected chi connectivity index (χ2v) is 9.48. The van der Waals surface area contributed by atoms with Crippen molar-refractivity contribution in [3.63, 3.8) is 0 Å². The zero-order valence-corrected chi connectivity index (χ0v) is 18.0. The minimum atomic E-state index is -1.48. The van der Waals surface area contributed by atoms with Gasteiger partial charge in [-0.2, -0.15) is 0 Å². The van der Waals surface area contributed by atoms with Crippen molar-refractivity contribution in [1.29, 1.82) is 0 Å². The van der Waals surface area contributed by atoms with Gasteiger partial charge in [0.1, 0.15) is 5.00 Å². The molecular weight excluding hydrogens is 394 g/mol. The van der Waals surface area contributed by atoms with E-state index in [9.17, 15) is 19.5 Å².